The predicted octanol–water partition coefficient (Wildman–Crippen LogP) is 5.64. The molecule has 0 atom stereocenters. The average Bonchev–Trinajstić information content (AvgIpc) is 3.28. The fourth-order valence-electron chi connectivity index (χ4n) is 6.44. The number of anilines is 9. The Bertz CT molecular complexity index is 2560. The van der Waals surface area contributed by atoms with Crippen LogP contribution in [0.5, 0.6) is 0 Å². The summed E-state index contributed by atoms with van der Waals surface area (Å²) in [6, 6.07) is 17.5. The van der Waals surface area contributed by atoms with E-state index in [9.17, 15) is 31.0 Å². The molecule has 0 fully saturated rings. The van der Waals surface area contributed by atoms with Gasteiger partial charge in [-0.15, -0.1) is 0 Å². The van der Waals surface area contributed by atoms with E-state index in [2.05, 4.69) is 99.3 Å². The van der Waals surface area contributed by atoms with Crippen molar-refractivity contribution in [2.45, 2.75) is 50.3 Å². The summed E-state index contributed by atoms with van der Waals surface area (Å²) in [6.45, 7) is 15.0. The molecule has 0 saturated carbocycles. The first-order valence-electron chi connectivity index (χ1n) is 21.3. The second-order valence-corrected chi connectivity index (χ2v) is 17.2. The van der Waals surface area contributed by atoms with Crippen molar-refractivity contribution < 1.29 is 31.0 Å². The molecule has 3 aromatic carbocycles. The van der Waals surface area contributed by atoms with Crippen LogP contribution in [-0.2, 0) is 20.2 Å². The Kier molecular flexibility index (Phi) is 18.6. The molecule has 9 N–H and O–H groups in total. The van der Waals surface area contributed by atoms with Gasteiger partial charge in [0.25, 0.3) is 20.2 Å². The molecule has 0 spiro atoms. The minimum Gasteiger partial charge on any atom is -0.395 e. The van der Waals surface area contributed by atoms with Crippen LogP contribution in [0.4, 0.5) is 52.8 Å². The highest BCUT2D eigenvalue weighted by Crippen LogP contribution is 2.28. The van der Waals surface area contributed by atoms with E-state index in [0.29, 0.717) is 13.1 Å². The zero-order chi connectivity index (χ0) is 46.8. The molecule has 0 aliphatic heterocycles. The summed E-state index contributed by atoms with van der Waals surface area (Å²) in [4.78, 5) is 30.1. The summed E-state index contributed by atoms with van der Waals surface area (Å²) in [5, 5.41) is 27.7. The first kappa shape index (κ1) is 49.9. The molecule has 0 radical (unpaired) electrons. The second kappa shape index (κ2) is 24.3. The van der Waals surface area contributed by atoms with Crippen LogP contribution in [0, 0.1) is 0 Å². The Morgan fingerprint density at radius 3 is 1.26 bits per heavy atom. The van der Waals surface area contributed by atoms with Gasteiger partial charge in [-0.3, -0.25) is 9.11 Å². The number of para-hydroxylation sites is 1. The zero-order valence-electron chi connectivity index (χ0n) is 36.9. The Balaban J connectivity index is 1.38. The van der Waals surface area contributed by atoms with Crippen LogP contribution in [0.2, 0.25) is 0 Å². The number of nitrogens with zero attached hydrogens (tertiary/aromatic N) is 8. The average molecular weight is 935 g/mol. The van der Waals surface area contributed by atoms with Crippen molar-refractivity contribution in [1.29, 1.82) is 0 Å². The van der Waals surface area contributed by atoms with Gasteiger partial charge >= 0.3 is 0 Å². The van der Waals surface area contributed by atoms with Crippen LogP contribution in [0.1, 0.15) is 51.7 Å². The van der Waals surface area contributed by atoms with Crippen molar-refractivity contribution in [3.05, 3.63) is 77.9 Å². The van der Waals surface area contributed by atoms with Crippen molar-refractivity contribution in [3.8, 4) is 0 Å². The van der Waals surface area contributed by atoms with Gasteiger partial charge in [0, 0.05) is 36.7 Å². The molecule has 0 saturated heterocycles. The topological polar surface area (TPSA) is 285 Å². The molecule has 5 aromatic rings. The number of aliphatic hydroxyl groups is 1. The molecule has 23 heteroatoms. The third-order valence-electron chi connectivity index (χ3n) is 9.89. The van der Waals surface area contributed by atoms with E-state index in [1.165, 1.54) is 42.5 Å². The first-order chi connectivity index (χ1) is 31.2. The van der Waals surface area contributed by atoms with Crippen molar-refractivity contribution in [1.82, 2.24) is 39.7 Å². The first-order valence-corrected chi connectivity index (χ1v) is 24.2. The number of nitrogens with one attached hydrogen (secondary N) is 6. The fourth-order valence-corrected chi connectivity index (χ4v) is 7.86. The molecular formula is C42H58N14O7S2. The van der Waals surface area contributed by atoms with Gasteiger partial charge in [-0.25, -0.2) is 0 Å². The van der Waals surface area contributed by atoms with Gasteiger partial charge < -0.3 is 46.8 Å². The maximum absolute atomic E-state index is 12.7. The van der Waals surface area contributed by atoms with E-state index < -0.39 is 30.0 Å². The van der Waals surface area contributed by atoms with Crippen molar-refractivity contribution >= 4 is 85.1 Å². The lowest BCUT2D eigenvalue weighted by Gasteiger charge is -2.18. The molecule has 0 aliphatic rings. The maximum Gasteiger partial charge on any atom is 0.295 e. The summed E-state index contributed by atoms with van der Waals surface area (Å²) in [5.41, 5.74) is 1.13. The van der Waals surface area contributed by atoms with Crippen LogP contribution < -0.4 is 31.9 Å². The largest absolute Gasteiger partial charge is 0.395 e. The summed E-state index contributed by atoms with van der Waals surface area (Å²) < 4.78 is 71.5. The quantitative estimate of drug-likeness (QED) is 0.0175. The SMILES string of the molecule is CCN(CC)CCCNc1nc(NCCO)nc(Nc2ccc(/C=C/c3ccc(Nc4nc(NCCCN(CC)CC)nc(Nc5ccccc5)n4)cc3S(=O)(=O)O)c(S(=O)(=O)O)c2)n1. The molecule has 0 bridgehead atoms. The standard InChI is InChI=1S/C42H58N14O7S2/c1-5-55(6-2)25-12-22-43-37-49-39(45-24-27-57)53-41(50-37)47-33-20-18-30(35(28-33)64(58,59)60)16-17-31-19-21-34(29-36(31)65(61,62)63)48-42-52-38(44-23-13-26-56(7-3)8-4)51-40(54-42)46-32-14-10-9-11-15-32/h9-11,14-21,28-29,57H,5-8,12-13,22-27H2,1-4H3,(H,58,59,60)(H,61,62,63)(H3,43,45,47,49,50,53)(H3,44,46,48,51,52,54)/b17-16+. The van der Waals surface area contributed by atoms with E-state index in [0.717, 1.165) is 63.9 Å². The number of benzene rings is 3. The zero-order valence-corrected chi connectivity index (χ0v) is 38.5. The van der Waals surface area contributed by atoms with Crippen LogP contribution in [-0.4, -0.2) is 136 Å². The van der Waals surface area contributed by atoms with Gasteiger partial charge in [-0.2, -0.15) is 46.7 Å². The fraction of sp³-hybridized carbons (Fsp3) is 0.381. The Hall–Kier alpha value is -6.08. The van der Waals surface area contributed by atoms with Crippen LogP contribution in [0.3, 0.4) is 0 Å². The Morgan fingerprint density at radius 1 is 0.508 bits per heavy atom. The molecule has 2 aromatic heterocycles. The third-order valence-corrected chi connectivity index (χ3v) is 11.7. The normalized spacial score (nSPS) is 11.9. The van der Waals surface area contributed by atoms with Crippen molar-refractivity contribution in [2.24, 2.45) is 0 Å². The molecular weight excluding hydrogens is 877 g/mol. The molecule has 350 valence electrons. The third kappa shape index (κ3) is 15.8. The summed E-state index contributed by atoms with van der Waals surface area (Å²) in [7, 11) is -9.68. The number of aromatic nitrogens is 6. The number of hydrogen-bond donors (Lipinski definition) is 9. The summed E-state index contributed by atoms with van der Waals surface area (Å²) in [6.07, 6.45) is 4.23. The number of aliphatic hydroxyl groups excluding tert-OH is 1. The Labute approximate surface area is 380 Å². The lowest BCUT2D eigenvalue weighted by atomic mass is 10.1. The van der Waals surface area contributed by atoms with Gasteiger partial charge in [-0.1, -0.05) is 70.2 Å². The molecule has 0 unspecified atom stereocenters. The monoisotopic (exact) mass is 934 g/mol. The van der Waals surface area contributed by atoms with Crippen molar-refractivity contribution in [3.63, 3.8) is 0 Å². The van der Waals surface area contributed by atoms with Crippen LogP contribution >= 0.6 is 0 Å². The smallest absolute Gasteiger partial charge is 0.295 e. The predicted molar refractivity (Wildman–Crippen MR) is 255 cm³/mol. The van der Waals surface area contributed by atoms with E-state index in [1.54, 1.807) is 0 Å². The van der Waals surface area contributed by atoms with Gasteiger partial charge in [0.2, 0.25) is 35.7 Å². The highest BCUT2D eigenvalue weighted by atomic mass is 32.2. The minimum atomic E-state index is -4.84. The van der Waals surface area contributed by atoms with E-state index in [-0.39, 0.29) is 71.3 Å². The van der Waals surface area contributed by atoms with Gasteiger partial charge in [0.15, 0.2) is 0 Å². The minimum absolute atomic E-state index is 0.00111. The lowest BCUT2D eigenvalue weighted by Crippen LogP contribution is -2.25. The second-order valence-electron chi connectivity index (χ2n) is 14.4. The van der Waals surface area contributed by atoms with Gasteiger partial charge in [0.05, 0.1) is 6.61 Å². The highest BCUT2D eigenvalue weighted by molar-refractivity contribution is 7.86. The van der Waals surface area contributed by atoms with E-state index in [4.69, 9.17) is 0 Å². The van der Waals surface area contributed by atoms with Gasteiger partial charge in [-0.05, 0) is 99.6 Å². The molecule has 2 heterocycles. The summed E-state index contributed by atoms with van der Waals surface area (Å²) >= 11 is 0. The molecule has 0 amide bonds. The van der Waals surface area contributed by atoms with Gasteiger partial charge in [0.1, 0.15) is 9.79 Å². The van der Waals surface area contributed by atoms with Crippen LogP contribution in [0.25, 0.3) is 12.2 Å². The lowest BCUT2D eigenvalue weighted by molar-refractivity contribution is 0.303. The summed E-state index contributed by atoms with van der Waals surface area (Å²) in [5.74, 6) is 1.01. The van der Waals surface area contributed by atoms with Crippen molar-refractivity contribution in [2.75, 3.05) is 97.4 Å². The van der Waals surface area contributed by atoms with Crippen LogP contribution in [0.15, 0.2) is 76.5 Å². The maximum atomic E-state index is 12.7. The van der Waals surface area contributed by atoms with E-state index in [1.807, 2.05) is 30.3 Å². The number of hydrogen-bond acceptors (Lipinski definition) is 19. The molecule has 65 heavy (non-hydrogen) atoms. The van der Waals surface area contributed by atoms with E-state index >= 15 is 0 Å². The Morgan fingerprint density at radius 2 is 0.877 bits per heavy atom. The highest BCUT2D eigenvalue weighted by Gasteiger charge is 2.19. The molecule has 0 aliphatic carbocycles. The molecule has 5 rings (SSSR count). The number of rotatable bonds is 27. The molecule has 21 nitrogen and oxygen atoms in total.